The molecular weight excluding hydrogens is 232 g/mol. The zero-order valence-corrected chi connectivity index (χ0v) is 10.7. The van der Waals surface area contributed by atoms with Gasteiger partial charge in [0.2, 0.25) is 0 Å². The summed E-state index contributed by atoms with van der Waals surface area (Å²) >= 11 is 1.43. The molecule has 0 radical (unpaired) electrons. The van der Waals surface area contributed by atoms with Crippen LogP contribution >= 0.6 is 11.8 Å². The molecule has 1 aliphatic heterocycles. The Balaban J connectivity index is 2.24. The van der Waals surface area contributed by atoms with Gasteiger partial charge in [-0.25, -0.2) is 4.99 Å². The number of fused-ring (bicyclic) bond motifs is 1. The molecule has 0 spiro atoms. The average molecular weight is 246 g/mol. The van der Waals surface area contributed by atoms with E-state index in [1.165, 1.54) is 22.9 Å². The van der Waals surface area contributed by atoms with Crippen LogP contribution in [-0.2, 0) is 13.1 Å². The summed E-state index contributed by atoms with van der Waals surface area (Å²) < 4.78 is 0. The smallest absolute Gasteiger partial charge is 0.183 e. The average Bonchev–Trinajstić information content (AvgIpc) is 2.68. The molecule has 0 unspecified atom stereocenters. The normalized spacial score (nSPS) is 15.5. The number of hydrogen-bond donors (Lipinski definition) is 1. The van der Waals surface area contributed by atoms with Gasteiger partial charge in [0.1, 0.15) is 0 Å². The molecule has 0 bridgehead atoms. The highest BCUT2D eigenvalue weighted by molar-refractivity contribution is 8.13. The second-order valence-electron chi connectivity index (χ2n) is 3.98. The summed E-state index contributed by atoms with van der Waals surface area (Å²) in [5.41, 5.74) is 3.59. The summed E-state index contributed by atoms with van der Waals surface area (Å²) in [4.78, 5) is 6.66. The van der Waals surface area contributed by atoms with Crippen molar-refractivity contribution in [2.45, 2.75) is 13.1 Å². The number of nitrogens with zero attached hydrogens (tertiary/aromatic N) is 3. The molecule has 0 saturated heterocycles. The first kappa shape index (κ1) is 12.0. The summed E-state index contributed by atoms with van der Waals surface area (Å²) in [5.74, 6) is 0. The highest BCUT2D eigenvalue weighted by atomic mass is 32.2. The van der Waals surface area contributed by atoms with Gasteiger partial charge in [-0.3, -0.25) is 10.2 Å². The summed E-state index contributed by atoms with van der Waals surface area (Å²) in [7, 11) is 2.10. The van der Waals surface area contributed by atoms with Crippen molar-refractivity contribution in [3.05, 3.63) is 29.3 Å². The van der Waals surface area contributed by atoms with E-state index < -0.39 is 0 Å². The third-order valence-corrected chi connectivity index (χ3v) is 3.24. The van der Waals surface area contributed by atoms with Crippen LogP contribution in [0.3, 0.4) is 0 Å². The molecule has 88 valence electrons. The van der Waals surface area contributed by atoms with Crippen LogP contribution in [0.2, 0.25) is 0 Å². The van der Waals surface area contributed by atoms with Gasteiger partial charge >= 0.3 is 0 Å². The number of rotatable bonds is 1. The van der Waals surface area contributed by atoms with Gasteiger partial charge in [0, 0.05) is 13.1 Å². The van der Waals surface area contributed by atoms with E-state index in [-0.39, 0.29) is 0 Å². The number of amidine groups is 1. The molecule has 1 heterocycles. The molecule has 4 nitrogen and oxygen atoms in total. The highest BCUT2D eigenvalue weighted by Crippen LogP contribution is 2.26. The zero-order valence-electron chi connectivity index (χ0n) is 9.90. The molecule has 1 N–H and O–H groups in total. The van der Waals surface area contributed by atoms with Gasteiger partial charge in [0.15, 0.2) is 11.4 Å². The van der Waals surface area contributed by atoms with Gasteiger partial charge in [-0.05, 0) is 36.6 Å². The van der Waals surface area contributed by atoms with Gasteiger partial charge in [0.25, 0.3) is 0 Å². The van der Waals surface area contributed by atoms with Crippen LogP contribution in [0.5, 0.6) is 0 Å². The van der Waals surface area contributed by atoms with Crippen molar-refractivity contribution >= 4 is 22.6 Å². The summed E-state index contributed by atoms with van der Waals surface area (Å²) in [6.45, 7) is 1.98. The molecule has 2 rings (SSSR count). The molecule has 1 aromatic carbocycles. The van der Waals surface area contributed by atoms with Gasteiger partial charge in [0.05, 0.1) is 5.69 Å². The lowest BCUT2D eigenvalue weighted by Crippen LogP contribution is -2.12. The Hall–Kier alpha value is -1.51. The summed E-state index contributed by atoms with van der Waals surface area (Å²) in [6, 6.07) is 6.20. The molecule has 0 fully saturated rings. The number of hydrogen-bond acceptors (Lipinski definition) is 4. The van der Waals surface area contributed by atoms with Crippen LogP contribution in [0.4, 0.5) is 5.69 Å². The number of benzene rings is 1. The standard InChI is InChI=1S/C12H14N4S/c1-16-6-9-3-4-11(5-10(9)7-16)15-12(17-2)14-8-13/h3-5H,6-7H2,1-2H3,(H,14,15). The van der Waals surface area contributed by atoms with E-state index in [2.05, 4.69) is 34.4 Å². The molecule has 0 saturated carbocycles. The fraction of sp³-hybridized carbons (Fsp3) is 0.333. The molecule has 17 heavy (non-hydrogen) atoms. The largest absolute Gasteiger partial charge is 0.298 e. The summed E-state index contributed by atoms with van der Waals surface area (Å²) in [6.07, 6.45) is 3.78. The molecule has 1 aromatic rings. The van der Waals surface area contributed by atoms with Gasteiger partial charge in [-0.15, -0.1) is 0 Å². The lowest BCUT2D eigenvalue weighted by Gasteiger charge is -2.03. The van der Waals surface area contributed by atoms with E-state index in [0.29, 0.717) is 5.17 Å². The van der Waals surface area contributed by atoms with Crippen LogP contribution in [-0.4, -0.2) is 23.4 Å². The number of thioether (sulfide) groups is 1. The first-order valence-corrected chi connectivity index (χ1v) is 6.53. The third kappa shape index (κ3) is 2.78. The van der Waals surface area contributed by atoms with Crippen molar-refractivity contribution in [3.8, 4) is 6.19 Å². The van der Waals surface area contributed by atoms with Gasteiger partial charge in [-0.2, -0.15) is 5.26 Å². The summed E-state index contributed by atoms with van der Waals surface area (Å²) in [5, 5.41) is 11.8. The van der Waals surface area contributed by atoms with Crippen LogP contribution in [0.25, 0.3) is 0 Å². The van der Waals surface area contributed by atoms with Crippen LogP contribution < -0.4 is 5.32 Å². The van der Waals surface area contributed by atoms with Crippen molar-refractivity contribution < 1.29 is 0 Å². The maximum absolute atomic E-state index is 8.57. The quantitative estimate of drug-likeness (QED) is 0.356. The lowest BCUT2D eigenvalue weighted by atomic mass is 10.1. The topological polar surface area (TPSA) is 51.4 Å². The van der Waals surface area contributed by atoms with Crippen molar-refractivity contribution in [1.29, 1.82) is 5.26 Å². The second-order valence-corrected chi connectivity index (χ2v) is 4.78. The minimum Gasteiger partial charge on any atom is -0.298 e. The highest BCUT2D eigenvalue weighted by Gasteiger charge is 2.15. The van der Waals surface area contributed by atoms with E-state index in [0.717, 1.165) is 18.8 Å². The first-order chi connectivity index (χ1) is 8.22. The van der Waals surface area contributed by atoms with Crippen molar-refractivity contribution in [1.82, 2.24) is 10.2 Å². The lowest BCUT2D eigenvalue weighted by molar-refractivity contribution is 0.353. The van der Waals surface area contributed by atoms with E-state index in [9.17, 15) is 0 Å². The van der Waals surface area contributed by atoms with E-state index >= 15 is 0 Å². The molecule has 0 aromatic heterocycles. The number of aliphatic imine (C=N–C) groups is 1. The second kappa shape index (κ2) is 5.21. The number of nitrogens with one attached hydrogen (secondary N) is 1. The fourth-order valence-corrected chi connectivity index (χ4v) is 2.25. The van der Waals surface area contributed by atoms with Crippen LogP contribution in [0.15, 0.2) is 23.2 Å². The zero-order chi connectivity index (χ0) is 12.3. The first-order valence-electron chi connectivity index (χ1n) is 5.31. The van der Waals surface area contributed by atoms with Gasteiger partial charge < -0.3 is 0 Å². The van der Waals surface area contributed by atoms with E-state index in [1.54, 1.807) is 0 Å². The van der Waals surface area contributed by atoms with E-state index in [1.807, 2.05) is 18.5 Å². The van der Waals surface area contributed by atoms with Crippen LogP contribution in [0, 0.1) is 11.5 Å². The molecule has 0 atom stereocenters. The minimum absolute atomic E-state index is 0.624. The Morgan fingerprint density at radius 1 is 1.47 bits per heavy atom. The van der Waals surface area contributed by atoms with Crippen LogP contribution in [0.1, 0.15) is 11.1 Å². The molecule has 0 aliphatic carbocycles. The van der Waals surface area contributed by atoms with Crippen molar-refractivity contribution in [3.63, 3.8) is 0 Å². The Labute approximate surface area is 105 Å². The molecule has 1 aliphatic rings. The van der Waals surface area contributed by atoms with Crippen molar-refractivity contribution in [2.24, 2.45) is 4.99 Å². The SMILES string of the molecule is CSC(=Nc1ccc2c(c1)CN(C)C2)NC#N. The molecular formula is C12H14N4S. The molecule has 0 amide bonds. The fourth-order valence-electron chi connectivity index (χ4n) is 1.91. The Kier molecular flexibility index (Phi) is 3.67. The Morgan fingerprint density at radius 2 is 2.24 bits per heavy atom. The maximum Gasteiger partial charge on any atom is 0.183 e. The van der Waals surface area contributed by atoms with E-state index in [4.69, 9.17) is 5.26 Å². The Bertz CT molecular complexity index is 490. The maximum atomic E-state index is 8.57. The van der Waals surface area contributed by atoms with Gasteiger partial charge in [-0.1, -0.05) is 17.8 Å². The predicted molar refractivity (Wildman–Crippen MR) is 71.0 cm³/mol. The predicted octanol–water partition coefficient (Wildman–Crippen LogP) is 2.05. The van der Waals surface area contributed by atoms with Crippen molar-refractivity contribution in [2.75, 3.05) is 13.3 Å². The third-order valence-electron chi connectivity index (χ3n) is 2.66. The Morgan fingerprint density at radius 3 is 2.94 bits per heavy atom. The minimum atomic E-state index is 0.624. The monoisotopic (exact) mass is 246 g/mol. The number of nitriles is 1. The molecule has 5 heteroatoms.